The van der Waals surface area contributed by atoms with Crippen molar-refractivity contribution in [3.8, 4) is 0 Å². The lowest BCUT2D eigenvalue weighted by molar-refractivity contribution is -0.143. The molecule has 26 heavy (non-hydrogen) atoms. The van der Waals surface area contributed by atoms with Gasteiger partial charge in [0, 0.05) is 49.8 Å². The van der Waals surface area contributed by atoms with Gasteiger partial charge in [0.25, 0.3) is 0 Å². The van der Waals surface area contributed by atoms with Crippen molar-refractivity contribution in [2.45, 2.75) is 45.6 Å². The van der Waals surface area contributed by atoms with E-state index in [-0.39, 0.29) is 17.2 Å². The molecule has 3 rings (SSSR count). The summed E-state index contributed by atoms with van der Waals surface area (Å²) in [5.41, 5.74) is 1.74. The summed E-state index contributed by atoms with van der Waals surface area (Å²) < 4.78 is 0. The molecule has 2 aliphatic rings. The average molecular weight is 377 g/mol. The summed E-state index contributed by atoms with van der Waals surface area (Å²) >= 11 is 1.71. The number of thioether (sulfide) groups is 1. The Morgan fingerprint density at radius 2 is 2.12 bits per heavy atom. The van der Waals surface area contributed by atoms with Crippen molar-refractivity contribution < 1.29 is 9.59 Å². The highest BCUT2D eigenvalue weighted by molar-refractivity contribution is 7.98. The molecule has 1 aromatic heterocycles. The smallest absolute Gasteiger partial charge is 0.223 e. The van der Waals surface area contributed by atoms with Crippen LogP contribution in [0, 0.1) is 12.3 Å². The van der Waals surface area contributed by atoms with Crippen LogP contribution < -0.4 is 0 Å². The van der Waals surface area contributed by atoms with Crippen LogP contribution in [0.5, 0.6) is 0 Å². The zero-order valence-corrected chi connectivity index (χ0v) is 16.6. The first-order valence-corrected chi connectivity index (χ1v) is 10.7. The fraction of sp³-hybridized carbons (Fsp3) is 0.684. The minimum atomic E-state index is 0.0410. The Kier molecular flexibility index (Phi) is 6.16. The van der Waals surface area contributed by atoms with Gasteiger partial charge in [0.2, 0.25) is 11.8 Å². The summed E-state index contributed by atoms with van der Waals surface area (Å²) in [6, 6.07) is 0. The van der Waals surface area contributed by atoms with Crippen molar-refractivity contribution in [2.75, 3.05) is 31.6 Å². The minimum Gasteiger partial charge on any atom is -0.342 e. The van der Waals surface area contributed by atoms with Gasteiger partial charge in [-0.3, -0.25) is 19.6 Å². The van der Waals surface area contributed by atoms with Crippen molar-refractivity contribution in [1.82, 2.24) is 19.8 Å². The molecule has 2 amide bonds. The second-order valence-electron chi connectivity index (χ2n) is 7.56. The normalized spacial score (nSPS) is 23.5. The van der Waals surface area contributed by atoms with E-state index in [1.54, 1.807) is 24.2 Å². The van der Waals surface area contributed by atoms with E-state index >= 15 is 0 Å². The first-order chi connectivity index (χ1) is 12.5. The Morgan fingerprint density at radius 1 is 1.27 bits per heavy atom. The van der Waals surface area contributed by atoms with Crippen molar-refractivity contribution in [3.63, 3.8) is 0 Å². The quantitative estimate of drug-likeness (QED) is 0.789. The van der Waals surface area contributed by atoms with Gasteiger partial charge in [-0.05, 0) is 32.4 Å². The standard InChI is InChI=1S/C19H28N4O2S/c1-15-10-21-16(11-20-15)12-23-14-19(7-4-17(23)24)6-3-8-22(13-19)18(25)5-9-26-2/h10-11H,3-9,12-14H2,1-2H3. The number of likely N-dealkylation sites (tertiary alicyclic amines) is 2. The fourth-order valence-corrected chi connectivity index (χ4v) is 4.42. The van der Waals surface area contributed by atoms with Crippen molar-refractivity contribution in [3.05, 3.63) is 23.8 Å². The average Bonchev–Trinajstić information content (AvgIpc) is 2.65. The van der Waals surface area contributed by atoms with Crippen LogP contribution in [0.4, 0.5) is 0 Å². The Morgan fingerprint density at radius 3 is 2.85 bits per heavy atom. The second-order valence-corrected chi connectivity index (χ2v) is 8.55. The number of hydrogen-bond acceptors (Lipinski definition) is 5. The molecule has 142 valence electrons. The number of hydrogen-bond donors (Lipinski definition) is 0. The lowest BCUT2D eigenvalue weighted by Crippen LogP contribution is -2.54. The Hall–Kier alpha value is -1.63. The minimum absolute atomic E-state index is 0.0410. The Bertz CT molecular complexity index is 651. The molecule has 0 N–H and O–H groups in total. The van der Waals surface area contributed by atoms with E-state index in [9.17, 15) is 9.59 Å². The van der Waals surface area contributed by atoms with Crippen molar-refractivity contribution >= 4 is 23.6 Å². The van der Waals surface area contributed by atoms with Crippen LogP contribution in [0.3, 0.4) is 0 Å². The van der Waals surface area contributed by atoms with Gasteiger partial charge in [0.1, 0.15) is 0 Å². The zero-order valence-electron chi connectivity index (χ0n) is 15.7. The highest BCUT2D eigenvalue weighted by atomic mass is 32.2. The molecule has 3 heterocycles. The summed E-state index contributed by atoms with van der Waals surface area (Å²) in [4.78, 5) is 37.5. The maximum Gasteiger partial charge on any atom is 0.223 e. The van der Waals surface area contributed by atoms with Gasteiger partial charge < -0.3 is 9.80 Å². The van der Waals surface area contributed by atoms with E-state index in [0.29, 0.717) is 25.9 Å². The number of carbonyl (C=O) groups is 2. The van der Waals surface area contributed by atoms with E-state index in [0.717, 1.165) is 49.5 Å². The fourth-order valence-electron chi connectivity index (χ4n) is 4.04. The molecule has 2 fully saturated rings. The Labute approximate surface area is 159 Å². The van der Waals surface area contributed by atoms with Gasteiger partial charge in [-0.1, -0.05) is 0 Å². The molecule has 1 spiro atoms. The zero-order chi connectivity index (χ0) is 18.6. The molecule has 1 aromatic rings. The third-order valence-corrected chi connectivity index (χ3v) is 6.08. The molecule has 0 bridgehead atoms. The Balaban J connectivity index is 1.66. The van der Waals surface area contributed by atoms with Gasteiger partial charge in [-0.15, -0.1) is 0 Å². The molecule has 2 saturated heterocycles. The largest absolute Gasteiger partial charge is 0.342 e. The molecule has 7 heteroatoms. The van der Waals surface area contributed by atoms with Gasteiger partial charge in [0.05, 0.1) is 24.1 Å². The van der Waals surface area contributed by atoms with E-state index in [1.807, 2.05) is 23.0 Å². The van der Waals surface area contributed by atoms with Gasteiger partial charge in [-0.25, -0.2) is 0 Å². The number of carbonyl (C=O) groups excluding carboxylic acids is 2. The molecule has 1 unspecified atom stereocenters. The maximum atomic E-state index is 12.5. The summed E-state index contributed by atoms with van der Waals surface area (Å²) in [6.07, 6.45) is 9.69. The molecule has 2 aliphatic heterocycles. The molecule has 1 atom stereocenters. The number of piperidine rings is 2. The van der Waals surface area contributed by atoms with Gasteiger partial charge in [-0.2, -0.15) is 11.8 Å². The highest BCUT2D eigenvalue weighted by Gasteiger charge is 2.42. The first kappa shape index (κ1) is 19.1. The number of amides is 2. The summed E-state index contributed by atoms with van der Waals surface area (Å²) in [5.74, 6) is 1.31. The third-order valence-electron chi connectivity index (χ3n) is 5.47. The van der Waals surface area contributed by atoms with Crippen LogP contribution in [-0.2, 0) is 16.1 Å². The van der Waals surface area contributed by atoms with Gasteiger partial charge in [0.15, 0.2) is 0 Å². The van der Waals surface area contributed by atoms with Crippen LogP contribution in [0.15, 0.2) is 12.4 Å². The monoisotopic (exact) mass is 376 g/mol. The maximum absolute atomic E-state index is 12.5. The number of aryl methyl sites for hydroxylation is 1. The molecule has 0 radical (unpaired) electrons. The second kappa shape index (κ2) is 8.37. The summed E-state index contributed by atoms with van der Waals surface area (Å²) in [7, 11) is 0. The highest BCUT2D eigenvalue weighted by Crippen LogP contribution is 2.39. The van der Waals surface area contributed by atoms with E-state index in [4.69, 9.17) is 0 Å². The van der Waals surface area contributed by atoms with Gasteiger partial charge >= 0.3 is 0 Å². The SMILES string of the molecule is CSCCC(=O)N1CCCC2(CCC(=O)N(Cc3cnc(C)cn3)C2)C1. The molecule has 6 nitrogen and oxygen atoms in total. The van der Waals surface area contributed by atoms with E-state index in [1.165, 1.54) is 0 Å². The molecular formula is C19H28N4O2S. The summed E-state index contributed by atoms with van der Waals surface area (Å²) in [5, 5.41) is 0. The number of aromatic nitrogens is 2. The van der Waals surface area contributed by atoms with Crippen LogP contribution in [0.25, 0.3) is 0 Å². The molecule has 0 saturated carbocycles. The van der Waals surface area contributed by atoms with Crippen LogP contribution >= 0.6 is 11.8 Å². The molecule has 0 aromatic carbocycles. The van der Waals surface area contributed by atoms with E-state index < -0.39 is 0 Å². The molecule has 0 aliphatic carbocycles. The van der Waals surface area contributed by atoms with Crippen LogP contribution in [-0.4, -0.2) is 63.2 Å². The van der Waals surface area contributed by atoms with Crippen molar-refractivity contribution in [2.24, 2.45) is 5.41 Å². The van der Waals surface area contributed by atoms with E-state index in [2.05, 4.69) is 9.97 Å². The summed E-state index contributed by atoms with van der Waals surface area (Å²) in [6.45, 7) is 4.76. The van der Waals surface area contributed by atoms with Crippen molar-refractivity contribution in [1.29, 1.82) is 0 Å². The van der Waals surface area contributed by atoms with Crippen LogP contribution in [0.1, 0.15) is 43.5 Å². The number of nitrogens with zero attached hydrogens (tertiary/aromatic N) is 4. The predicted molar refractivity (Wildman–Crippen MR) is 103 cm³/mol. The lowest BCUT2D eigenvalue weighted by atomic mass is 9.73. The molecular weight excluding hydrogens is 348 g/mol. The first-order valence-electron chi connectivity index (χ1n) is 9.33. The topological polar surface area (TPSA) is 66.4 Å². The van der Waals surface area contributed by atoms with Crippen LogP contribution in [0.2, 0.25) is 0 Å². The lowest BCUT2D eigenvalue weighted by Gasteiger charge is -2.48. The predicted octanol–water partition coefficient (Wildman–Crippen LogP) is 2.27. The number of rotatable bonds is 5. The third kappa shape index (κ3) is 4.55.